The van der Waals surface area contributed by atoms with Gasteiger partial charge in [-0.25, -0.2) is 9.97 Å². The lowest BCUT2D eigenvalue weighted by Gasteiger charge is -2.13. The van der Waals surface area contributed by atoms with Crippen LogP contribution >= 0.6 is 0 Å². The minimum Gasteiger partial charge on any atom is -0.495 e. The van der Waals surface area contributed by atoms with E-state index in [1.807, 2.05) is 51.1 Å². The van der Waals surface area contributed by atoms with Crippen molar-refractivity contribution in [3.63, 3.8) is 0 Å². The summed E-state index contributed by atoms with van der Waals surface area (Å²) >= 11 is 0. The van der Waals surface area contributed by atoms with E-state index in [0.717, 1.165) is 22.4 Å². The molecule has 28 heavy (non-hydrogen) atoms. The van der Waals surface area contributed by atoms with Crippen LogP contribution in [0.1, 0.15) is 16.7 Å². The van der Waals surface area contributed by atoms with Gasteiger partial charge in [0.1, 0.15) is 12.1 Å². The molecule has 0 radical (unpaired) electrons. The summed E-state index contributed by atoms with van der Waals surface area (Å²) in [6.45, 7) is 5.85. The van der Waals surface area contributed by atoms with E-state index in [4.69, 9.17) is 4.74 Å². The molecule has 0 saturated carbocycles. The molecule has 0 bridgehead atoms. The topological polar surface area (TPSA) is 102 Å². The lowest BCUT2D eigenvalue weighted by atomic mass is 10.1. The Labute approximate surface area is 162 Å². The van der Waals surface area contributed by atoms with Gasteiger partial charge < -0.3 is 15.4 Å². The monoisotopic (exact) mass is 379 g/mol. The third-order valence-corrected chi connectivity index (χ3v) is 4.10. The number of methoxy groups -OCH3 is 1. The largest absolute Gasteiger partial charge is 0.495 e. The maximum Gasteiger partial charge on any atom is 0.353 e. The molecular formula is C20H21N5O3. The number of rotatable bonds is 6. The molecule has 0 aliphatic carbocycles. The fraction of sp³-hybridized carbons (Fsp3) is 0.200. The van der Waals surface area contributed by atoms with E-state index >= 15 is 0 Å². The van der Waals surface area contributed by atoms with E-state index in [2.05, 4.69) is 20.6 Å². The van der Waals surface area contributed by atoms with Crippen LogP contribution in [0.4, 0.5) is 28.7 Å². The van der Waals surface area contributed by atoms with Gasteiger partial charge in [0.15, 0.2) is 0 Å². The molecule has 0 unspecified atom stereocenters. The van der Waals surface area contributed by atoms with Crippen LogP contribution in [0.3, 0.4) is 0 Å². The van der Waals surface area contributed by atoms with Gasteiger partial charge in [0.25, 0.3) is 0 Å². The van der Waals surface area contributed by atoms with Crippen molar-refractivity contribution in [2.75, 3.05) is 17.7 Å². The van der Waals surface area contributed by atoms with Gasteiger partial charge in [-0.05, 0) is 61.7 Å². The lowest BCUT2D eigenvalue weighted by molar-refractivity contribution is -0.383. The average molecular weight is 379 g/mol. The van der Waals surface area contributed by atoms with Gasteiger partial charge >= 0.3 is 5.69 Å². The first kappa shape index (κ1) is 19.1. The van der Waals surface area contributed by atoms with E-state index in [9.17, 15) is 10.1 Å². The van der Waals surface area contributed by atoms with Crippen LogP contribution in [0.25, 0.3) is 0 Å². The van der Waals surface area contributed by atoms with Gasteiger partial charge in [0.2, 0.25) is 11.6 Å². The zero-order chi connectivity index (χ0) is 20.3. The van der Waals surface area contributed by atoms with E-state index in [1.54, 1.807) is 6.07 Å². The number of nitro groups is 1. The summed E-state index contributed by atoms with van der Waals surface area (Å²) in [5.41, 5.74) is 4.13. The highest BCUT2D eigenvalue weighted by Crippen LogP contribution is 2.36. The molecule has 1 heterocycles. The SMILES string of the molecule is COc1ccc(C)cc1Nc1ncnc(Nc2cc(C)cc(C)c2)c1[N+](=O)[O-]. The molecule has 0 aliphatic heterocycles. The summed E-state index contributed by atoms with van der Waals surface area (Å²) in [6.07, 6.45) is 1.28. The minimum atomic E-state index is -0.504. The molecule has 3 aromatic rings. The molecule has 0 saturated heterocycles. The standard InChI is InChI=1S/C20H21N5O3/c1-12-5-6-17(28-4)16(10-12)24-20-18(25(26)27)19(21-11-22-20)23-15-8-13(2)7-14(3)9-15/h5-11H,1-4H3,(H2,21,22,23,24). The highest BCUT2D eigenvalue weighted by molar-refractivity contribution is 5.78. The molecule has 0 spiro atoms. The van der Waals surface area contributed by atoms with Crippen molar-refractivity contribution < 1.29 is 9.66 Å². The zero-order valence-electron chi connectivity index (χ0n) is 16.1. The van der Waals surface area contributed by atoms with E-state index < -0.39 is 4.92 Å². The molecule has 0 amide bonds. The fourth-order valence-electron chi connectivity index (χ4n) is 2.97. The molecule has 2 N–H and O–H groups in total. The van der Waals surface area contributed by atoms with Crippen molar-refractivity contribution in [1.29, 1.82) is 0 Å². The second-order valence-corrected chi connectivity index (χ2v) is 6.51. The zero-order valence-corrected chi connectivity index (χ0v) is 16.1. The molecule has 0 aliphatic rings. The summed E-state index contributed by atoms with van der Waals surface area (Å²) in [6, 6.07) is 11.3. The van der Waals surface area contributed by atoms with Crippen molar-refractivity contribution in [3.05, 3.63) is 69.5 Å². The van der Waals surface area contributed by atoms with Gasteiger partial charge in [-0.3, -0.25) is 10.1 Å². The van der Waals surface area contributed by atoms with Crippen molar-refractivity contribution in [3.8, 4) is 5.75 Å². The predicted octanol–water partition coefficient (Wildman–Crippen LogP) is 4.81. The Balaban J connectivity index is 2.03. The van der Waals surface area contributed by atoms with Gasteiger partial charge in [0.05, 0.1) is 17.7 Å². The van der Waals surface area contributed by atoms with Crippen LogP contribution < -0.4 is 15.4 Å². The maximum absolute atomic E-state index is 11.8. The number of anilines is 4. The van der Waals surface area contributed by atoms with Gasteiger partial charge in [-0.1, -0.05) is 12.1 Å². The molecule has 8 heteroatoms. The molecule has 2 aromatic carbocycles. The average Bonchev–Trinajstić information content (AvgIpc) is 2.61. The first-order valence-corrected chi connectivity index (χ1v) is 8.63. The molecule has 1 aromatic heterocycles. The van der Waals surface area contributed by atoms with E-state index in [1.165, 1.54) is 13.4 Å². The van der Waals surface area contributed by atoms with Gasteiger partial charge in [0, 0.05) is 5.69 Å². The van der Waals surface area contributed by atoms with Gasteiger partial charge in [-0.15, -0.1) is 0 Å². The van der Waals surface area contributed by atoms with Crippen molar-refractivity contribution in [1.82, 2.24) is 9.97 Å². The first-order chi connectivity index (χ1) is 13.4. The second-order valence-electron chi connectivity index (χ2n) is 6.51. The number of hydrogen-bond donors (Lipinski definition) is 2. The van der Waals surface area contributed by atoms with Crippen LogP contribution in [0.15, 0.2) is 42.7 Å². The van der Waals surface area contributed by atoms with E-state index in [0.29, 0.717) is 11.4 Å². The second kappa shape index (κ2) is 7.91. The number of nitrogens with one attached hydrogen (secondary N) is 2. The Morgan fingerprint density at radius 1 is 0.929 bits per heavy atom. The number of aryl methyl sites for hydroxylation is 3. The minimum absolute atomic E-state index is 0.0794. The van der Waals surface area contributed by atoms with Crippen LogP contribution in [0, 0.1) is 30.9 Å². The van der Waals surface area contributed by atoms with Crippen LogP contribution in [0.2, 0.25) is 0 Å². The van der Waals surface area contributed by atoms with Gasteiger partial charge in [-0.2, -0.15) is 0 Å². The maximum atomic E-state index is 11.8. The first-order valence-electron chi connectivity index (χ1n) is 8.63. The number of benzene rings is 2. The number of aromatic nitrogens is 2. The number of hydrogen-bond acceptors (Lipinski definition) is 7. The van der Waals surface area contributed by atoms with Crippen molar-refractivity contribution >= 4 is 28.7 Å². The fourth-order valence-corrected chi connectivity index (χ4v) is 2.97. The third-order valence-electron chi connectivity index (χ3n) is 4.10. The Bertz CT molecular complexity index is 1020. The third kappa shape index (κ3) is 4.17. The molecular weight excluding hydrogens is 358 g/mol. The molecule has 144 valence electrons. The summed E-state index contributed by atoms with van der Waals surface area (Å²) in [4.78, 5) is 19.4. The highest BCUT2D eigenvalue weighted by Gasteiger charge is 2.24. The molecule has 0 fully saturated rings. The summed E-state index contributed by atoms with van der Waals surface area (Å²) in [7, 11) is 1.54. The van der Waals surface area contributed by atoms with Crippen LogP contribution in [0.5, 0.6) is 5.75 Å². The summed E-state index contributed by atoms with van der Waals surface area (Å²) in [5.74, 6) is 0.747. The predicted molar refractivity (Wildman–Crippen MR) is 109 cm³/mol. The lowest BCUT2D eigenvalue weighted by Crippen LogP contribution is -2.06. The molecule has 3 rings (SSSR count). The van der Waals surface area contributed by atoms with Crippen LogP contribution in [-0.4, -0.2) is 22.0 Å². The van der Waals surface area contributed by atoms with Crippen molar-refractivity contribution in [2.45, 2.75) is 20.8 Å². The summed E-state index contributed by atoms with van der Waals surface area (Å²) in [5, 5.41) is 17.8. The molecule has 0 atom stereocenters. The normalized spacial score (nSPS) is 10.4. The van der Waals surface area contributed by atoms with Crippen LogP contribution in [-0.2, 0) is 0 Å². The summed E-state index contributed by atoms with van der Waals surface area (Å²) < 4.78 is 5.33. The highest BCUT2D eigenvalue weighted by atomic mass is 16.6. The smallest absolute Gasteiger partial charge is 0.353 e. The number of ether oxygens (including phenoxy) is 1. The van der Waals surface area contributed by atoms with E-state index in [-0.39, 0.29) is 17.3 Å². The Kier molecular flexibility index (Phi) is 5.39. The Morgan fingerprint density at radius 2 is 1.57 bits per heavy atom. The Hall–Kier alpha value is -3.68. The van der Waals surface area contributed by atoms with Crippen molar-refractivity contribution in [2.24, 2.45) is 0 Å². The quantitative estimate of drug-likeness (QED) is 0.468. The Morgan fingerprint density at radius 3 is 2.18 bits per heavy atom. The molecule has 8 nitrogen and oxygen atoms in total. The number of nitrogens with zero attached hydrogens (tertiary/aromatic N) is 3.